The van der Waals surface area contributed by atoms with Crippen LogP contribution in [0.5, 0.6) is 0 Å². The van der Waals surface area contributed by atoms with E-state index in [1.54, 1.807) is 0 Å². The van der Waals surface area contributed by atoms with Gasteiger partial charge in [-0.15, -0.1) is 0 Å². The first-order chi connectivity index (χ1) is 30.7. The lowest BCUT2D eigenvalue weighted by Crippen LogP contribution is -2.39. The maximum absolute atomic E-state index is 2.39. The Hall–Kier alpha value is -7.87. The van der Waals surface area contributed by atoms with Gasteiger partial charge in [0, 0.05) is 18.6 Å². The minimum Gasteiger partial charge on any atom is -0.198 e. The SMILES string of the molecule is c1ccc(-c2cc(-c3ccccc3)cc(-c3cc(-c4cccc(-c5ccc6c(c5)-c5cccc[n+]5CC6)c4)cc(-c4cc(-c5ccccc5)cc(-c5ccccc5)c4)c3)c2)cc1. The highest BCUT2D eigenvalue weighted by atomic mass is 15.0. The molecule has 0 amide bonds. The van der Waals surface area contributed by atoms with E-state index >= 15 is 0 Å². The topological polar surface area (TPSA) is 3.88 Å². The van der Waals surface area contributed by atoms with Crippen molar-refractivity contribution in [1.82, 2.24) is 0 Å². The third-order valence-electron chi connectivity index (χ3n) is 12.4. The summed E-state index contributed by atoms with van der Waals surface area (Å²) in [5.41, 5.74) is 23.1. The molecule has 11 rings (SSSR count). The smallest absolute Gasteiger partial charge is 0.198 e. The average molecular weight is 791 g/mol. The summed E-state index contributed by atoms with van der Waals surface area (Å²) in [7, 11) is 0. The van der Waals surface area contributed by atoms with Crippen LogP contribution in [0.4, 0.5) is 0 Å². The average Bonchev–Trinajstić information content (AvgIpc) is 3.37. The van der Waals surface area contributed by atoms with Crippen LogP contribution in [0.1, 0.15) is 5.56 Å². The van der Waals surface area contributed by atoms with Crippen molar-refractivity contribution in [3.8, 4) is 100 Å². The molecule has 0 aliphatic carbocycles. The lowest BCUT2D eigenvalue weighted by atomic mass is 9.87. The molecule has 292 valence electrons. The van der Waals surface area contributed by atoms with Gasteiger partial charge in [-0.2, -0.15) is 4.57 Å². The van der Waals surface area contributed by atoms with E-state index in [2.05, 4.69) is 247 Å². The molecule has 1 heteroatoms. The molecular weight excluding hydrogens is 747 g/mol. The number of aryl methyl sites for hydroxylation is 2. The van der Waals surface area contributed by atoms with Crippen molar-refractivity contribution < 1.29 is 4.57 Å². The minimum absolute atomic E-state index is 1.01. The van der Waals surface area contributed by atoms with E-state index in [-0.39, 0.29) is 0 Å². The van der Waals surface area contributed by atoms with Gasteiger partial charge in [-0.05, 0) is 167 Å². The number of fused-ring (bicyclic) bond motifs is 3. The fraction of sp³-hybridized carbons (Fsp3) is 0.0328. The number of aromatic nitrogens is 1. The summed E-state index contributed by atoms with van der Waals surface area (Å²) < 4.78 is 2.38. The third kappa shape index (κ3) is 7.46. The fourth-order valence-corrected chi connectivity index (χ4v) is 9.15. The highest BCUT2D eigenvalue weighted by molar-refractivity contribution is 5.89. The van der Waals surface area contributed by atoms with Crippen molar-refractivity contribution in [3.05, 3.63) is 248 Å². The molecule has 10 aromatic rings. The van der Waals surface area contributed by atoms with Crippen LogP contribution in [0.2, 0.25) is 0 Å². The zero-order valence-electron chi connectivity index (χ0n) is 34.5. The second kappa shape index (κ2) is 16.3. The summed E-state index contributed by atoms with van der Waals surface area (Å²) in [6.07, 6.45) is 3.24. The minimum atomic E-state index is 1.01. The predicted molar refractivity (Wildman–Crippen MR) is 259 cm³/mol. The van der Waals surface area contributed by atoms with Crippen molar-refractivity contribution >= 4 is 0 Å². The highest BCUT2D eigenvalue weighted by Crippen LogP contribution is 2.41. The van der Waals surface area contributed by atoms with E-state index in [1.807, 2.05) is 0 Å². The first kappa shape index (κ1) is 37.2. The predicted octanol–water partition coefficient (Wildman–Crippen LogP) is 15.5. The Bertz CT molecular complexity index is 2940. The van der Waals surface area contributed by atoms with Crippen molar-refractivity contribution in [1.29, 1.82) is 0 Å². The molecule has 1 aliphatic heterocycles. The van der Waals surface area contributed by atoms with Crippen LogP contribution in [-0.4, -0.2) is 0 Å². The van der Waals surface area contributed by atoms with Gasteiger partial charge in [-0.3, -0.25) is 0 Å². The molecule has 1 aromatic heterocycles. The van der Waals surface area contributed by atoms with Gasteiger partial charge in [0.15, 0.2) is 12.7 Å². The van der Waals surface area contributed by atoms with Crippen LogP contribution in [0, 0.1) is 0 Å². The molecule has 0 saturated heterocycles. The number of nitrogens with zero attached hydrogens (tertiary/aromatic N) is 1. The van der Waals surface area contributed by atoms with Gasteiger partial charge in [0.2, 0.25) is 5.69 Å². The summed E-state index contributed by atoms with van der Waals surface area (Å²) in [5, 5.41) is 0. The van der Waals surface area contributed by atoms with Crippen LogP contribution >= 0.6 is 0 Å². The second-order valence-corrected chi connectivity index (χ2v) is 16.3. The van der Waals surface area contributed by atoms with Gasteiger partial charge in [-0.1, -0.05) is 152 Å². The molecule has 0 N–H and O–H groups in total. The van der Waals surface area contributed by atoms with Crippen LogP contribution < -0.4 is 4.57 Å². The molecule has 0 fully saturated rings. The zero-order chi connectivity index (χ0) is 41.2. The maximum atomic E-state index is 2.39. The fourth-order valence-electron chi connectivity index (χ4n) is 9.15. The Balaban J connectivity index is 1.11. The van der Waals surface area contributed by atoms with Crippen molar-refractivity contribution in [2.75, 3.05) is 0 Å². The molecule has 1 aliphatic rings. The second-order valence-electron chi connectivity index (χ2n) is 16.3. The van der Waals surface area contributed by atoms with Crippen LogP contribution in [0.25, 0.3) is 100 Å². The molecule has 1 nitrogen and oxygen atoms in total. The number of rotatable bonds is 8. The van der Waals surface area contributed by atoms with Gasteiger partial charge < -0.3 is 0 Å². The summed E-state index contributed by atoms with van der Waals surface area (Å²) in [4.78, 5) is 0. The lowest BCUT2D eigenvalue weighted by molar-refractivity contribution is -0.687. The first-order valence-corrected chi connectivity index (χ1v) is 21.6. The summed E-state index contributed by atoms with van der Waals surface area (Å²) in [5.74, 6) is 0. The summed E-state index contributed by atoms with van der Waals surface area (Å²) in [6.45, 7) is 1.01. The van der Waals surface area contributed by atoms with Crippen molar-refractivity contribution in [2.45, 2.75) is 13.0 Å². The number of hydrogen-bond donors (Lipinski definition) is 0. The molecule has 2 heterocycles. The Morgan fingerprint density at radius 1 is 0.242 bits per heavy atom. The van der Waals surface area contributed by atoms with Gasteiger partial charge in [0.05, 0.1) is 5.56 Å². The van der Waals surface area contributed by atoms with Gasteiger partial charge in [0.25, 0.3) is 0 Å². The molecule has 0 atom stereocenters. The lowest BCUT2D eigenvalue weighted by Gasteiger charge is -2.17. The quantitative estimate of drug-likeness (QED) is 0.135. The Morgan fingerprint density at radius 3 is 1.00 bits per heavy atom. The number of pyridine rings is 1. The molecular formula is C61H44N+. The summed E-state index contributed by atoms with van der Waals surface area (Å²) >= 11 is 0. The van der Waals surface area contributed by atoms with E-state index in [0.717, 1.165) is 13.0 Å². The molecule has 62 heavy (non-hydrogen) atoms. The number of hydrogen-bond acceptors (Lipinski definition) is 0. The Morgan fingerprint density at radius 2 is 0.565 bits per heavy atom. The third-order valence-corrected chi connectivity index (χ3v) is 12.4. The molecule has 0 spiro atoms. The summed E-state index contributed by atoms with van der Waals surface area (Å²) in [6, 6.07) is 86.9. The normalized spacial score (nSPS) is 11.7. The zero-order valence-corrected chi connectivity index (χ0v) is 34.5. The van der Waals surface area contributed by atoms with Gasteiger partial charge in [0.1, 0.15) is 0 Å². The highest BCUT2D eigenvalue weighted by Gasteiger charge is 2.22. The van der Waals surface area contributed by atoms with E-state index in [1.165, 1.54) is 106 Å². The molecule has 0 bridgehead atoms. The van der Waals surface area contributed by atoms with Crippen LogP contribution in [-0.2, 0) is 13.0 Å². The van der Waals surface area contributed by atoms with E-state index in [0.29, 0.717) is 0 Å². The molecule has 9 aromatic carbocycles. The van der Waals surface area contributed by atoms with Gasteiger partial charge >= 0.3 is 0 Å². The van der Waals surface area contributed by atoms with Crippen molar-refractivity contribution in [2.24, 2.45) is 0 Å². The van der Waals surface area contributed by atoms with Crippen molar-refractivity contribution in [3.63, 3.8) is 0 Å². The van der Waals surface area contributed by atoms with E-state index in [9.17, 15) is 0 Å². The van der Waals surface area contributed by atoms with Gasteiger partial charge in [-0.25, -0.2) is 0 Å². The van der Waals surface area contributed by atoms with E-state index < -0.39 is 0 Å². The Labute approximate surface area is 364 Å². The Kier molecular flexibility index (Phi) is 9.76. The molecule has 0 unspecified atom stereocenters. The van der Waals surface area contributed by atoms with Crippen LogP contribution in [0.3, 0.4) is 0 Å². The molecule has 0 radical (unpaired) electrons. The standard InChI is InChI=1S/C61H44N/c1-5-16-43(17-6-1)51-33-52(44-18-7-2-8-19-44)36-56(35-51)58-39-55(49-25-15-24-48(32-49)50-28-27-47-29-31-62-30-14-13-26-61(62)60(47)42-50)40-59(41-58)57-37-53(45-20-9-3-10-21-45)34-54(38-57)46-22-11-4-12-23-46/h1-28,30,32-42H,29,31H2/q+1. The maximum Gasteiger partial charge on any atom is 0.212 e. The largest absolute Gasteiger partial charge is 0.212 e. The monoisotopic (exact) mass is 790 g/mol. The first-order valence-electron chi connectivity index (χ1n) is 21.6. The molecule has 0 saturated carbocycles. The van der Waals surface area contributed by atoms with E-state index in [4.69, 9.17) is 0 Å². The number of benzene rings is 9. The van der Waals surface area contributed by atoms with Crippen LogP contribution in [0.15, 0.2) is 243 Å².